The molecule has 1 unspecified atom stereocenters. The van der Waals surface area contributed by atoms with E-state index in [1.165, 1.54) is 6.26 Å². The largest absolute Gasteiger partial charge is 0.481 e. The van der Waals surface area contributed by atoms with Crippen LogP contribution < -0.4 is 10.1 Å². The number of piperidine rings is 1. The maximum absolute atomic E-state index is 12.3. The molecule has 1 aliphatic heterocycles. The second-order valence-electron chi connectivity index (χ2n) is 6.13. The Morgan fingerprint density at radius 3 is 2.52 bits per heavy atom. The summed E-state index contributed by atoms with van der Waals surface area (Å²) in [6.45, 7) is 2.93. The topological polar surface area (TPSA) is 71.8 Å². The van der Waals surface area contributed by atoms with Crippen molar-refractivity contribution >= 4 is 11.8 Å². The SMILES string of the molecule is CC(Oc1ccccc1)C(=O)NC1CCN(C(=O)c2ccco2)CC1. The lowest BCUT2D eigenvalue weighted by molar-refractivity contribution is -0.128. The van der Waals surface area contributed by atoms with Crippen LogP contribution in [-0.2, 0) is 4.79 Å². The van der Waals surface area contributed by atoms with E-state index in [2.05, 4.69) is 5.32 Å². The smallest absolute Gasteiger partial charge is 0.289 e. The number of likely N-dealkylation sites (tertiary alicyclic amines) is 1. The van der Waals surface area contributed by atoms with Crippen molar-refractivity contribution in [2.24, 2.45) is 0 Å². The number of carbonyl (C=O) groups excluding carboxylic acids is 2. The minimum absolute atomic E-state index is 0.0509. The number of benzene rings is 1. The van der Waals surface area contributed by atoms with Gasteiger partial charge in [-0.05, 0) is 44.0 Å². The standard InChI is InChI=1S/C19H22N2O4/c1-14(25-16-6-3-2-4-7-16)18(22)20-15-9-11-21(12-10-15)19(23)17-8-5-13-24-17/h2-8,13-15H,9-12H2,1H3,(H,20,22). The van der Waals surface area contributed by atoms with Crippen LogP contribution in [0.15, 0.2) is 53.1 Å². The summed E-state index contributed by atoms with van der Waals surface area (Å²) in [7, 11) is 0. The molecule has 1 fully saturated rings. The maximum atomic E-state index is 12.3. The van der Waals surface area contributed by atoms with Gasteiger partial charge in [0.25, 0.3) is 11.8 Å². The minimum Gasteiger partial charge on any atom is -0.481 e. The lowest BCUT2D eigenvalue weighted by Gasteiger charge is -2.32. The highest BCUT2D eigenvalue weighted by Gasteiger charge is 2.27. The Balaban J connectivity index is 1.45. The van der Waals surface area contributed by atoms with Crippen LogP contribution in [0, 0.1) is 0 Å². The fraction of sp³-hybridized carbons (Fsp3) is 0.368. The molecule has 0 saturated carbocycles. The van der Waals surface area contributed by atoms with Crippen molar-refractivity contribution in [2.75, 3.05) is 13.1 Å². The molecule has 3 rings (SSSR count). The highest BCUT2D eigenvalue weighted by atomic mass is 16.5. The number of hydrogen-bond acceptors (Lipinski definition) is 4. The molecule has 0 radical (unpaired) electrons. The van der Waals surface area contributed by atoms with E-state index in [-0.39, 0.29) is 17.9 Å². The summed E-state index contributed by atoms with van der Waals surface area (Å²) in [6, 6.07) is 12.7. The first-order valence-corrected chi connectivity index (χ1v) is 8.48. The minimum atomic E-state index is -0.565. The molecule has 1 atom stereocenters. The molecule has 25 heavy (non-hydrogen) atoms. The summed E-state index contributed by atoms with van der Waals surface area (Å²) in [5.74, 6) is 0.784. The van der Waals surface area contributed by atoms with E-state index < -0.39 is 6.10 Å². The Morgan fingerprint density at radius 2 is 1.88 bits per heavy atom. The first-order valence-electron chi connectivity index (χ1n) is 8.48. The third-order valence-electron chi connectivity index (χ3n) is 4.29. The highest BCUT2D eigenvalue weighted by Crippen LogP contribution is 2.15. The fourth-order valence-corrected chi connectivity index (χ4v) is 2.86. The Morgan fingerprint density at radius 1 is 1.16 bits per heavy atom. The van der Waals surface area contributed by atoms with E-state index in [4.69, 9.17) is 9.15 Å². The van der Waals surface area contributed by atoms with E-state index in [1.54, 1.807) is 24.0 Å². The van der Waals surface area contributed by atoms with E-state index >= 15 is 0 Å². The Hall–Kier alpha value is -2.76. The zero-order valence-corrected chi connectivity index (χ0v) is 14.2. The third-order valence-corrected chi connectivity index (χ3v) is 4.29. The number of nitrogens with one attached hydrogen (secondary N) is 1. The second kappa shape index (κ2) is 7.88. The molecule has 2 aromatic rings. The number of nitrogens with zero attached hydrogens (tertiary/aromatic N) is 1. The first kappa shape index (κ1) is 17.1. The number of carbonyl (C=O) groups is 2. The van der Waals surface area contributed by atoms with Crippen molar-refractivity contribution in [3.05, 3.63) is 54.5 Å². The van der Waals surface area contributed by atoms with Crippen molar-refractivity contribution < 1.29 is 18.7 Å². The number of rotatable bonds is 5. The van der Waals surface area contributed by atoms with Gasteiger partial charge in [-0.25, -0.2) is 0 Å². The van der Waals surface area contributed by atoms with Crippen LogP contribution in [0.3, 0.4) is 0 Å². The zero-order chi connectivity index (χ0) is 17.6. The van der Waals surface area contributed by atoms with Crippen molar-refractivity contribution in [2.45, 2.75) is 31.9 Å². The summed E-state index contributed by atoms with van der Waals surface area (Å²) in [5.41, 5.74) is 0. The lowest BCUT2D eigenvalue weighted by atomic mass is 10.0. The number of ether oxygens (including phenoxy) is 1. The molecular formula is C19H22N2O4. The Kier molecular flexibility index (Phi) is 5.38. The summed E-state index contributed by atoms with van der Waals surface area (Å²) in [4.78, 5) is 26.3. The van der Waals surface area contributed by atoms with E-state index in [1.807, 2.05) is 30.3 Å². The third kappa shape index (κ3) is 4.41. The van der Waals surface area contributed by atoms with Gasteiger partial charge in [-0.15, -0.1) is 0 Å². The molecule has 1 aliphatic rings. The molecular weight excluding hydrogens is 320 g/mol. The Labute approximate surface area is 146 Å². The molecule has 1 N–H and O–H groups in total. The molecule has 1 saturated heterocycles. The predicted octanol–water partition coefficient (Wildman–Crippen LogP) is 2.47. The predicted molar refractivity (Wildman–Crippen MR) is 92.3 cm³/mol. The van der Waals surface area contributed by atoms with Crippen LogP contribution in [0.1, 0.15) is 30.3 Å². The van der Waals surface area contributed by atoms with Gasteiger partial charge in [-0.1, -0.05) is 18.2 Å². The van der Waals surface area contributed by atoms with Crippen LogP contribution in [0.5, 0.6) is 5.75 Å². The monoisotopic (exact) mass is 342 g/mol. The number of furan rings is 1. The van der Waals surface area contributed by atoms with Gasteiger partial charge >= 0.3 is 0 Å². The van der Waals surface area contributed by atoms with Crippen LogP contribution in [0.25, 0.3) is 0 Å². The summed E-state index contributed by atoms with van der Waals surface area (Å²) < 4.78 is 10.8. The van der Waals surface area contributed by atoms with Crippen molar-refractivity contribution in [1.82, 2.24) is 10.2 Å². The molecule has 132 valence electrons. The lowest BCUT2D eigenvalue weighted by Crippen LogP contribution is -2.49. The van der Waals surface area contributed by atoms with Crippen LogP contribution in [-0.4, -0.2) is 41.9 Å². The van der Waals surface area contributed by atoms with E-state index in [9.17, 15) is 9.59 Å². The average Bonchev–Trinajstić information content (AvgIpc) is 3.17. The first-order chi connectivity index (χ1) is 12.1. The van der Waals surface area contributed by atoms with Gasteiger partial charge < -0.3 is 19.4 Å². The van der Waals surface area contributed by atoms with Crippen molar-refractivity contribution in [3.8, 4) is 5.75 Å². The number of amides is 2. The van der Waals surface area contributed by atoms with Crippen molar-refractivity contribution in [3.63, 3.8) is 0 Å². The molecule has 1 aromatic carbocycles. The fourth-order valence-electron chi connectivity index (χ4n) is 2.86. The quantitative estimate of drug-likeness (QED) is 0.906. The van der Waals surface area contributed by atoms with Crippen LogP contribution in [0.2, 0.25) is 0 Å². The number of hydrogen-bond donors (Lipinski definition) is 1. The van der Waals surface area contributed by atoms with Gasteiger partial charge in [0.2, 0.25) is 0 Å². The van der Waals surface area contributed by atoms with Gasteiger partial charge in [0.05, 0.1) is 6.26 Å². The molecule has 1 aromatic heterocycles. The highest BCUT2D eigenvalue weighted by molar-refractivity contribution is 5.91. The van der Waals surface area contributed by atoms with Gasteiger partial charge in [-0.3, -0.25) is 9.59 Å². The molecule has 2 amide bonds. The number of para-hydroxylation sites is 1. The van der Waals surface area contributed by atoms with Crippen molar-refractivity contribution in [1.29, 1.82) is 0 Å². The van der Waals surface area contributed by atoms with E-state index in [0.29, 0.717) is 24.6 Å². The second-order valence-corrected chi connectivity index (χ2v) is 6.13. The molecule has 0 spiro atoms. The van der Waals surface area contributed by atoms with Gasteiger partial charge in [-0.2, -0.15) is 0 Å². The van der Waals surface area contributed by atoms with Gasteiger partial charge in [0.15, 0.2) is 11.9 Å². The normalized spacial score (nSPS) is 16.3. The van der Waals surface area contributed by atoms with Gasteiger partial charge in [0.1, 0.15) is 5.75 Å². The molecule has 6 nitrogen and oxygen atoms in total. The summed E-state index contributed by atoms with van der Waals surface area (Å²) in [6.07, 6.45) is 2.37. The molecule has 6 heteroatoms. The zero-order valence-electron chi connectivity index (χ0n) is 14.2. The summed E-state index contributed by atoms with van der Waals surface area (Å²) in [5, 5.41) is 3.01. The molecule has 0 aliphatic carbocycles. The molecule has 0 bridgehead atoms. The van der Waals surface area contributed by atoms with Gasteiger partial charge in [0, 0.05) is 19.1 Å². The average molecular weight is 342 g/mol. The maximum Gasteiger partial charge on any atom is 0.289 e. The van der Waals surface area contributed by atoms with E-state index in [0.717, 1.165) is 12.8 Å². The Bertz CT molecular complexity index is 691. The summed E-state index contributed by atoms with van der Waals surface area (Å²) >= 11 is 0. The van der Waals surface area contributed by atoms with Crippen LogP contribution in [0.4, 0.5) is 0 Å². The molecule has 2 heterocycles. The van der Waals surface area contributed by atoms with Crippen LogP contribution >= 0.6 is 0 Å².